The lowest BCUT2D eigenvalue weighted by atomic mass is 9.77. The van der Waals surface area contributed by atoms with Crippen LogP contribution in [0.5, 0.6) is 5.75 Å². The van der Waals surface area contributed by atoms with Gasteiger partial charge in [0.05, 0.1) is 23.7 Å². The summed E-state index contributed by atoms with van der Waals surface area (Å²) in [6.45, 7) is 15.3. The lowest BCUT2D eigenvalue weighted by Gasteiger charge is -2.29. The first-order valence-corrected chi connectivity index (χ1v) is 22.8. The predicted octanol–water partition coefficient (Wildman–Crippen LogP) is 14.0. The number of anilines is 1. The van der Waals surface area contributed by atoms with Gasteiger partial charge in [0.15, 0.2) is 5.71 Å². The van der Waals surface area contributed by atoms with Crippen molar-refractivity contribution in [3.05, 3.63) is 113 Å². The van der Waals surface area contributed by atoms with Crippen LogP contribution in [0.2, 0.25) is 0 Å². The van der Waals surface area contributed by atoms with E-state index in [4.69, 9.17) is 4.74 Å². The number of unbranched alkanes of at least 4 members (excludes halogenated alkanes) is 14. The largest absolute Gasteiger partial charge is 0.506 e. The molecule has 0 atom stereocenters. The molecule has 0 unspecified atom stereocenters. The molecule has 2 aliphatic heterocycles. The van der Waals surface area contributed by atoms with Crippen LogP contribution < -0.4 is 9.64 Å². The second-order valence-electron chi connectivity index (χ2n) is 18.0. The normalized spacial score (nSPS) is 18.1. The van der Waals surface area contributed by atoms with Crippen LogP contribution in [0.25, 0.3) is 11.1 Å². The molecule has 0 spiro atoms. The van der Waals surface area contributed by atoms with Crippen LogP contribution >= 0.6 is 0 Å². The molecule has 0 amide bonds. The molecule has 3 aliphatic rings. The lowest BCUT2D eigenvalue weighted by Crippen LogP contribution is -2.32. The first-order valence-electron chi connectivity index (χ1n) is 22.8. The van der Waals surface area contributed by atoms with E-state index >= 15 is 0 Å². The Morgan fingerprint density at radius 1 is 0.672 bits per heavy atom. The number of fused-ring (bicyclic) bond motifs is 2. The number of carbonyl (C=O) groups excluding carboxylic acids is 1. The predicted molar refractivity (Wildman–Crippen MR) is 244 cm³/mol. The van der Waals surface area contributed by atoms with Crippen molar-refractivity contribution in [3.63, 3.8) is 0 Å². The maximum Gasteiger partial charge on any atom is 0.210 e. The molecule has 58 heavy (non-hydrogen) atoms. The van der Waals surface area contributed by atoms with Gasteiger partial charge in [-0.15, -0.1) is 0 Å². The maximum absolute atomic E-state index is 14.3. The summed E-state index contributed by atoms with van der Waals surface area (Å²) in [6.07, 6.45) is 24.1. The molecule has 0 saturated heterocycles. The number of benzene rings is 3. The van der Waals surface area contributed by atoms with Crippen LogP contribution in [0.15, 0.2) is 101 Å². The highest BCUT2D eigenvalue weighted by Crippen LogP contribution is 2.50. The van der Waals surface area contributed by atoms with Crippen LogP contribution in [0.1, 0.15) is 155 Å². The second-order valence-corrected chi connectivity index (χ2v) is 18.0. The Morgan fingerprint density at radius 3 is 1.91 bits per heavy atom. The number of rotatable bonds is 22. The smallest absolute Gasteiger partial charge is 0.210 e. The van der Waals surface area contributed by atoms with Crippen molar-refractivity contribution in [1.29, 1.82) is 0 Å². The number of ketones is 1. The van der Waals surface area contributed by atoms with E-state index < -0.39 is 0 Å². The molecule has 0 bridgehead atoms. The number of methoxy groups -OCH3 is 1. The summed E-state index contributed by atoms with van der Waals surface area (Å²) in [5, 5.41) is 11.8. The molecule has 1 aliphatic carbocycles. The van der Waals surface area contributed by atoms with Gasteiger partial charge in [-0.2, -0.15) is 4.58 Å². The number of ether oxygens (including phenoxy) is 1. The van der Waals surface area contributed by atoms with Gasteiger partial charge in [0, 0.05) is 47.5 Å². The van der Waals surface area contributed by atoms with Gasteiger partial charge in [0.1, 0.15) is 18.1 Å². The van der Waals surface area contributed by atoms with Crippen molar-refractivity contribution in [3.8, 4) is 16.9 Å². The molecule has 2 heterocycles. The van der Waals surface area contributed by atoms with Gasteiger partial charge in [0.25, 0.3) is 0 Å². The Morgan fingerprint density at radius 2 is 1.29 bits per heavy atom. The zero-order valence-electron chi connectivity index (χ0n) is 36.9. The van der Waals surface area contributed by atoms with Gasteiger partial charge in [-0.25, -0.2) is 0 Å². The van der Waals surface area contributed by atoms with Crippen LogP contribution in [-0.4, -0.2) is 41.4 Å². The van der Waals surface area contributed by atoms with Crippen molar-refractivity contribution in [1.82, 2.24) is 0 Å². The van der Waals surface area contributed by atoms with E-state index in [0.29, 0.717) is 11.1 Å². The summed E-state index contributed by atoms with van der Waals surface area (Å²) >= 11 is 0. The van der Waals surface area contributed by atoms with Crippen molar-refractivity contribution < 1.29 is 19.2 Å². The molecular weight excluding hydrogens is 713 g/mol. The zero-order valence-corrected chi connectivity index (χ0v) is 36.9. The van der Waals surface area contributed by atoms with E-state index in [1.165, 1.54) is 118 Å². The topological polar surface area (TPSA) is 52.8 Å². The summed E-state index contributed by atoms with van der Waals surface area (Å²) in [4.78, 5) is 16.7. The highest BCUT2D eigenvalue weighted by Gasteiger charge is 2.47. The molecule has 310 valence electrons. The number of nitrogens with zero attached hydrogens (tertiary/aromatic N) is 2. The van der Waals surface area contributed by atoms with Gasteiger partial charge < -0.3 is 14.7 Å². The average Bonchev–Trinajstić information content (AvgIpc) is 3.57. The van der Waals surface area contributed by atoms with Crippen molar-refractivity contribution in [2.75, 3.05) is 25.1 Å². The number of Topliss-reactive ketones (excluding diaryl/α,β-unsaturated/α-hetero) is 1. The quantitative estimate of drug-likeness (QED) is 0.0626. The van der Waals surface area contributed by atoms with E-state index in [-0.39, 0.29) is 22.4 Å². The Hall–Kier alpha value is -4.38. The fourth-order valence-electron chi connectivity index (χ4n) is 9.46. The van der Waals surface area contributed by atoms with E-state index in [2.05, 4.69) is 112 Å². The summed E-state index contributed by atoms with van der Waals surface area (Å²) in [5.74, 6) is 0.844. The SMILES string of the molecule is CCCCCCCCCCCCN1/C(=C\C2=C(O)C(=C\C3=[N+](CCCCCCCC)c4ccc(OC)cc4C3(C)C)/C2=O)C(C)(C)c2cc(-c3ccccc3)ccc21. The van der Waals surface area contributed by atoms with E-state index in [1.807, 2.05) is 18.2 Å². The van der Waals surface area contributed by atoms with E-state index in [0.717, 1.165) is 48.8 Å². The first-order chi connectivity index (χ1) is 28.0. The zero-order chi connectivity index (χ0) is 41.3. The molecule has 1 N–H and O–H groups in total. The molecule has 6 rings (SSSR count). The average molecular weight is 784 g/mol. The molecule has 0 aromatic heterocycles. The lowest BCUT2D eigenvalue weighted by molar-refractivity contribution is -0.438. The number of carbonyl (C=O) groups is 1. The number of hydrogen-bond acceptors (Lipinski definition) is 4. The number of allylic oxidation sites excluding steroid dienone is 5. The molecule has 3 aromatic rings. The molecule has 0 saturated carbocycles. The number of aliphatic hydroxyl groups excluding tert-OH is 1. The van der Waals surface area contributed by atoms with E-state index in [1.54, 1.807) is 7.11 Å². The fourth-order valence-corrected chi connectivity index (χ4v) is 9.46. The third-order valence-corrected chi connectivity index (χ3v) is 13.1. The third-order valence-electron chi connectivity index (χ3n) is 13.1. The second kappa shape index (κ2) is 19.6. The van der Waals surface area contributed by atoms with Crippen molar-refractivity contribution in [2.45, 2.75) is 155 Å². The first kappa shape index (κ1) is 43.2. The minimum absolute atomic E-state index is 0.0861. The summed E-state index contributed by atoms with van der Waals surface area (Å²) in [5.41, 5.74) is 9.42. The highest BCUT2D eigenvalue weighted by molar-refractivity contribution is 6.24. The van der Waals surface area contributed by atoms with Gasteiger partial charge in [-0.1, -0.05) is 148 Å². The standard InChI is InChI=1S/C53H70N2O3/c1-8-10-12-14-16-17-18-19-21-26-33-54-46-31-29-40(39-27-23-22-24-28-39)35-44(46)52(3,4)48(54)37-42-50(56)43(51(42)57)38-49-53(5,6)45-36-41(58-7)30-32-47(45)55(49)34-25-20-15-13-11-9-2/h22-24,27-32,35-38H,8-21,25-26,33-34H2,1-7H3/p+1. The highest BCUT2D eigenvalue weighted by atomic mass is 16.5. The Balaban J connectivity index is 1.29. The Kier molecular flexibility index (Phi) is 14.6. The Labute approximate surface area is 350 Å². The van der Waals surface area contributed by atoms with Crippen LogP contribution in [-0.2, 0) is 15.6 Å². The Bertz CT molecular complexity index is 2030. The number of hydrogen-bond donors (Lipinski definition) is 1. The fraction of sp³-hybridized carbons (Fsp3) is 0.509. The summed E-state index contributed by atoms with van der Waals surface area (Å²) in [6, 6.07) is 23.7. The van der Waals surface area contributed by atoms with Gasteiger partial charge in [-0.3, -0.25) is 4.79 Å². The number of aliphatic hydroxyl groups is 1. The minimum atomic E-state index is -0.370. The minimum Gasteiger partial charge on any atom is -0.506 e. The summed E-state index contributed by atoms with van der Waals surface area (Å²) in [7, 11) is 1.71. The maximum atomic E-state index is 14.3. The van der Waals surface area contributed by atoms with Crippen LogP contribution in [0.3, 0.4) is 0 Å². The molecular formula is C53H71N2O3+. The monoisotopic (exact) mass is 784 g/mol. The van der Waals surface area contributed by atoms with E-state index in [9.17, 15) is 9.90 Å². The van der Waals surface area contributed by atoms with Crippen molar-refractivity contribution >= 4 is 22.9 Å². The molecule has 3 aromatic carbocycles. The summed E-state index contributed by atoms with van der Waals surface area (Å²) < 4.78 is 8.03. The molecule has 5 nitrogen and oxygen atoms in total. The van der Waals surface area contributed by atoms with Crippen molar-refractivity contribution in [2.24, 2.45) is 0 Å². The third kappa shape index (κ3) is 9.24. The van der Waals surface area contributed by atoms with Gasteiger partial charge in [0.2, 0.25) is 11.5 Å². The molecule has 0 radical (unpaired) electrons. The van der Waals surface area contributed by atoms with Crippen LogP contribution in [0.4, 0.5) is 11.4 Å². The molecule has 0 fully saturated rings. The van der Waals surface area contributed by atoms with Gasteiger partial charge >= 0.3 is 0 Å². The molecule has 5 heteroatoms. The van der Waals surface area contributed by atoms with Gasteiger partial charge in [-0.05, 0) is 73.7 Å². The van der Waals surface area contributed by atoms with Crippen LogP contribution in [0, 0.1) is 0 Å².